The predicted molar refractivity (Wildman–Crippen MR) is 121 cm³/mol. The fourth-order valence-electron chi connectivity index (χ4n) is 5.22. The monoisotopic (exact) mass is 441 g/mol. The summed E-state index contributed by atoms with van der Waals surface area (Å²) in [6, 6.07) is 7.16. The highest BCUT2D eigenvalue weighted by Gasteiger charge is 2.54. The molecule has 2 aliphatic rings. The molecule has 3 aromatic rings. The molecule has 1 aliphatic carbocycles. The molecule has 1 aliphatic heterocycles. The molecule has 164 valence electrons. The van der Waals surface area contributed by atoms with Crippen molar-refractivity contribution in [2.24, 2.45) is 18.4 Å². The van der Waals surface area contributed by atoms with E-state index < -0.39 is 9.84 Å². The summed E-state index contributed by atoms with van der Waals surface area (Å²) in [5, 5.41) is 10.3. The van der Waals surface area contributed by atoms with Crippen molar-refractivity contribution in [2.75, 3.05) is 30.9 Å². The second kappa shape index (κ2) is 6.97. The highest BCUT2D eigenvalue weighted by molar-refractivity contribution is 7.90. The van der Waals surface area contributed by atoms with Crippen molar-refractivity contribution >= 4 is 26.4 Å². The highest BCUT2D eigenvalue weighted by Crippen LogP contribution is 2.59. The summed E-state index contributed by atoms with van der Waals surface area (Å²) < 4.78 is 26.1. The minimum atomic E-state index is -3.38. The van der Waals surface area contributed by atoms with Crippen molar-refractivity contribution in [1.29, 1.82) is 0 Å². The Morgan fingerprint density at radius 2 is 1.94 bits per heavy atom. The molecule has 5 rings (SSSR count). The van der Waals surface area contributed by atoms with Gasteiger partial charge in [-0.2, -0.15) is 0 Å². The number of aryl methyl sites for hydroxylation is 1. The summed E-state index contributed by atoms with van der Waals surface area (Å²) in [5.41, 5.74) is 3.30. The molecule has 1 aromatic carbocycles. The fourth-order valence-corrected chi connectivity index (χ4v) is 5.86. The molecule has 1 atom stereocenters. The Kier molecular flexibility index (Phi) is 4.57. The number of rotatable bonds is 4. The lowest BCUT2D eigenvalue weighted by atomic mass is 9.90. The summed E-state index contributed by atoms with van der Waals surface area (Å²) >= 11 is 0. The summed E-state index contributed by atoms with van der Waals surface area (Å²) in [7, 11) is -1.67. The number of fused-ring (bicyclic) bond motifs is 1. The van der Waals surface area contributed by atoms with Crippen molar-refractivity contribution in [2.45, 2.75) is 24.2 Å². The smallest absolute Gasteiger partial charge is 0.274 e. The Hall–Kier alpha value is -2.58. The van der Waals surface area contributed by atoms with E-state index in [4.69, 9.17) is 0 Å². The zero-order valence-electron chi connectivity index (χ0n) is 17.8. The van der Waals surface area contributed by atoms with Crippen LogP contribution in [-0.4, -0.2) is 49.0 Å². The maximum atomic E-state index is 12.5. The molecule has 1 unspecified atom stereocenters. The molecule has 7 nitrogen and oxygen atoms in total. The number of hydrogen-bond acceptors (Lipinski definition) is 5. The lowest BCUT2D eigenvalue weighted by Gasteiger charge is -2.36. The van der Waals surface area contributed by atoms with E-state index in [9.17, 15) is 18.3 Å². The van der Waals surface area contributed by atoms with Crippen LogP contribution in [-0.2, 0) is 16.9 Å². The first-order chi connectivity index (χ1) is 14.7. The number of aliphatic hydroxyl groups is 1. The number of H-pyrrole nitrogens is 1. The van der Waals surface area contributed by atoms with E-state index in [1.54, 1.807) is 31.6 Å². The molecule has 3 heterocycles. The number of anilines is 1. The van der Waals surface area contributed by atoms with Crippen LogP contribution in [0.5, 0.6) is 0 Å². The van der Waals surface area contributed by atoms with Crippen molar-refractivity contribution in [3.05, 3.63) is 47.0 Å². The molecule has 0 bridgehead atoms. The maximum Gasteiger partial charge on any atom is 0.274 e. The zero-order chi connectivity index (χ0) is 22.0. The van der Waals surface area contributed by atoms with E-state index in [0.29, 0.717) is 11.4 Å². The number of aliphatic hydroxyl groups excluding tert-OH is 1. The molecular formula is C23H27N3O4S. The molecule has 31 heavy (non-hydrogen) atoms. The highest BCUT2D eigenvalue weighted by atomic mass is 32.2. The lowest BCUT2D eigenvalue weighted by Crippen LogP contribution is -2.35. The van der Waals surface area contributed by atoms with Crippen molar-refractivity contribution in [3.8, 4) is 11.1 Å². The quantitative estimate of drug-likeness (QED) is 0.649. The summed E-state index contributed by atoms with van der Waals surface area (Å²) in [6.07, 6.45) is 7.89. The number of sulfone groups is 1. The second-order valence-electron chi connectivity index (χ2n) is 9.11. The fraction of sp³-hybridized carbons (Fsp3) is 0.435. The average Bonchev–Trinajstić information content (AvgIpc) is 3.18. The topological polar surface area (TPSA) is 95.4 Å². The number of nitrogens with one attached hydrogen (secondary N) is 1. The van der Waals surface area contributed by atoms with E-state index in [0.717, 1.165) is 54.6 Å². The van der Waals surface area contributed by atoms with Gasteiger partial charge >= 0.3 is 0 Å². The Bertz CT molecular complexity index is 1330. The van der Waals surface area contributed by atoms with Crippen molar-refractivity contribution in [1.82, 2.24) is 9.55 Å². The van der Waals surface area contributed by atoms with Gasteiger partial charge in [0.2, 0.25) is 0 Å². The van der Waals surface area contributed by atoms with Crippen LogP contribution in [0.3, 0.4) is 0 Å². The van der Waals surface area contributed by atoms with Crippen LogP contribution in [0.25, 0.3) is 22.0 Å². The van der Waals surface area contributed by atoms with Gasteiger partial charge in [-0.1, -0.05) is 0 Å². The van der Waals surface area contributed by atoms with E-state index in [1.807, 2.05) is 12.1 Å². The van der Waals surface area contributed by atoms with Crippen molar-refractivity contribution in [3.63, 3.8) is 0 Å². The SMILES string of the molecule is Cn1cc(-c2cc(S(C)(=O)=O)ccc2N2CCC3(CC2)CC3CO)c2cc[nH]c2c1=O. The first kappa shape index (κ1) is 20.3. The normalized spacial score (nSPS) is 20.5. The third-order valence-corrected chi connectivity index (χ3v) is 8.37. The van der Waals surface area contributed by atoms with Gasteiger partial charge in [0, 0.05) is 67.6 Å². The van der Waals surface area contributed by atoms with Gasteiger partial charge in [0.15, 0.2) is 9.84 Å². The Morgan fingerprint density at radius 3 is 2.58 bits per heavy atom. The number of aromatic nitrogens is 2. The standard InChI is InChI=1S/C23H27N3O4S/c1-25-13-19(17-5-8-24-21(17)22(25)28)18-11-16(31(2,29)30)3-4-20(18)26-9-6-23(7-10-26)12-15(23)14-27/h3-5,8,11,13,15,24,27H,6-7,9-10,12,14H2,1-2H3. The number of piperidine rings is 1. The van der Waals surface area contributed by atoms with Gasteiger partial charge in [0.25, 0.3) is 5.56 Å². The van der Waals surface area contributed by atoms with Crippen LogP contribution in [0, 0.1) is 11.3 Å². The molecule has 2 fully saturated rings. The molecule has 1 saturated heterocycles. The van der Waals surface area contributed by atoms with E-state index in [1.165, 1.54) is 10.8 Å². The second-order valence-corrected chi connectivity index (χ2v) is 11.1. The molecule has 2 N–H and O–H groups in total. The van der Waals surface area contributed by atoms with Crippen LogP contribution in [0.2, 0.25) is 0 Å². The Labute approximate surface area is 181 Å². The van der Waals surface area contributed by atoms with Gasteiger partial charge in [-0.25, -0.2) is 8.42 Å². The number of nitrogens with zero attached hydrogens (tertiary/aromatic N) is 2. The van der Waals surface area contributed by atoms with E-state index in [2.05, 4.69) is 9.88 Å². The van der Waals surface area contributed by atoms with Gasteiger partial charge in [-0.3, -0.25) is 4.79 Å². The molecule has 2 aromatic heterocycles. The van der Waals surface area contributed by atoms with Crippen LogP contribution in [0.4, 0.5) is 5.69 Å². The molecular weight excluding hydrogens is 414 g/mol. The molecule has 0 radical (unpaired) electrons. The van der Waals surface area contributed by atoms with Gasteiger partial charge in [0.1, 0.15) is 5.52 Å². The lowest BCUT2D eigenvalue weighted by molar-refractivity contribution is 0.232. The summed E-state index contributed by atoms with van der Waals surface area (Å²) in [6.45, 7) is 1.99. The minimum Gasteiger partial charge on any atom is -0.396 e. The van der Waals surface area contributed by atoms with Gasteiger partial charge in [-0.05, 0) is 54.9 Å². The summed E-state index contributed by atoms with van der Waals surface area (Å²) in [5.74, 6) is 0.421. The number of benzene rings is 1. The van der Waals surface area contributed by atoms with Crippen LogP contribution < -0.4 is 10.5 Å². The average molecular weight is 442 g/mol. The number of pyridine rings is 1. The van der Waals surface area contributed by atoms with E-state index >= 15 is 0 Å². The van der Waals surface area contributed by atoms with Gasteiger partial charge in [-0.15, -0.1) is 0 Å². The third-order valence-electron chi connectivity index (χ3n) is 7.26. The molecule has 0 amide bonds. The van der Waals surface area contributed by atoms with Crippen molar-refractivity contribution < 1.29 is 13.5 Å². The van der Waals surface area contributed by atoms with Crippen LogP contribution >= 0.6 is 0 Å². The van der Waals surface area contributed by atoms with Crippen LogP contribution in [0.15, 0.2) is 46.3 Å². The zero-order valence-corrected chi connectivity index (χ0v) is 18.6. The molecule has 1 saturated carbocycles. The first-order valence-corrected chi connectivity index (χ1v) is 12.5. The largest absolute Gasteiger partial charge is 0.396 e. The summed E-state index contributed by atoms with van der Waals surface area (Å²) in [4.78, 5) is 18.1. The minimum absolute atomic E-state index is 0.117. The number of aromatic amines is 1. The Morgan fingerprint density at radius 1 is 1.19 bits per heavy atom. The van der Waals surface area contributed by atoms with Gasteiger partial charge in [0.05, 0.1) is 4.90 Å². The maximum absolute atomic E-state index is 12.5. The predicted octanol–water partition coefficient (Wildman–Crippen LogP) is 2.54. The van der Waals surface area contributed by atoms with E-state index in [-0.39, 0.29) is 22.5 Å². The first-order valence-electron chi connectivity index (χ1n) is 10.6. The molecule has 8 heteroatoms. The van der Waals surface area contributed by atoms with Crippen LogP contribution in [0.1, 0.15) is 19.3 Å². The van der Waals surface area contributed by atoms with Gasteiger partial charge < -0.3 is 19.6 Å². The number of hydrogen-bond donors (Lipinski definition) is 2. The molecule has 1 spiro atoms. The third kappa shape index (κ3) is 3.29. The Balaban J connectivity index is 1.64.